The van der Waals surface area contributed by atoms with Gasteiger partial charge in [-0.2, -0.15) is 0 Å². The van der Waals surface area contributed by atoms with Crippen LogP contribution in [0, 0.1) is 5.92 Å². The van der Waals surface area contributed by atoms with Crippen molar-refractivity contribution in [3.63, 3.8) is 0 Å². The Morgan fingerprint density at radius 1 is 1.28 bits per heavy atom. The van der Waals surface area contributed by atoms with Crippen LogP contribution in [0.25, 0.3) is 0 Å². The molecule has 0 aromatic carbocycles. The quantitative estimate of drug-likeness (QED) is 0.642. The van der Waals surface area contributed by atoms with Gasteiger partial charge in [0.1, 0.15) is 0 Å². The second-order valence-electron chi connectivity index (χ2n) is 6.11. The summed E-state index contributed by atoms with van der Waals surface area (Å²) in [7, 11) is 2.22. The molecular weight excluding hydrogens is 224 g/mol. The largest absolute Gasteiger partial charge is 0.372 e. The monoisotopic (exact) mass is 256 g/mol. The van der Waals surface area contributed by atoms with Crippen LogP contribution in [0.15, 0.2) is 0 Å². The lowest BCUT2D eigenvalue weighted by Gasteiger charge is -2.22. The second-order valence-corrected chi connectivity index (χ2v) is 6.11. The van der Waals surface area contributed by atoms with Crippen molar-refractivity contribution in [1.29, 1.82) is 0 Å². The van der Waals surface area contributed by atoms with Gasteiger partial charge in [0, 0.05) is 13.1 Å². The number of hydrogen-bond acceptors (Lipinski definition) is 3. The first-order valence-corrected chi connectivity index (χ1v) is 7.66. The number of rotatable bonds is 9. The Hall–Kier alpha value is -0.120. The highest BCUT2D eigenvalue weighted by Gasteiger charge is 2.25. The van der Waals surface area contributed by atoms with Crippen LogP contribution in [0.4, 0.5) is 0 Å². The van der Waals surface area contributed by atoms with E-state index >= 15 is 0 Å². The normalized spacial score (nSPS) is 24.3. The summed E-state index contributed by atoms with van der Waals surface area (Å²) in [6, 6.07) is 0. The van der Waals surface area contributed by atoms with E-state index in [2.05, 4.69) is 38.0 Å². The van der Waals surface area contributed by atoms with Gasteiger partial charge in [0.15, 0.2) is 0 Å². The fraction of sp³-hybridized carbons (Fsp3) is 1.00. The molecule has 1 aliphatic heterocycles. The summed E-state index contributed by atoms with van der Waals surface area (Å²) in [5, 5.41) is 3.45. The third kappa shape index (κ3) is 6.72. The van der Waals surface area contributed by atoms with Gasteiger partial charge in [0.2, 0.25) is 0 Å². The van der Waals surface area contributed by atoms with Gasteiger partial charge in [-0.3, -0.25) is 0 Å². The average molecular weight is 256 g/mol. The molecule has 1 fully saturated rings. The average Bonchev–Trinajstić information content (AvgIpc) is 2.74. The molecule has 0 amide bonds. The maximum atomic E-state index is 6.08. The Bertz CT molecular complexity index is 209. The van der Waals surface area contributed by atoms with E-state index < -0.39 is 0 Å². The molecular formula is C15H32N2O. The van der Waals surface area contributed by atoms with Gasteiger partial charge in [-0.25, -0.2) is 0 Å². The van der Waals surface area contributed by atoms with Crippen molar-refractivity contribution in [2.24, 2.45) is 5.92 Å². The van der Waals surface area contributed by atoms with Gasteiger partial charge < -0.3 is 15.0 Å². The molecule has 18 heavy (non-hydrogen) atoms. The molecule has 2 atom stereocenters. The summed E-state index contributed by atoms with van der Waals surface area (Å²) in [5.41, 5.74) is 0. The topological polar surface area (TPSA) is 24.5 Å². The highest BCUT2D eigenvalue weighted by Crippen LogP contribution is 2.20. The zero-order valence-corrected chi connectivity index (χ0v) is 12.7. The molecule has 0 spiro atoms. The van der Waals surface area contributed by atoms with Crippen LogP contribution in [0.3, 0.4) is 0 Å². The molecule has 108 valence electrons. The zero-order chi connectivity index (χ0) is 13.4. The van der Waals surface area contributed by atoms with Crippen LogP contribution in [-0.2, 0) is 4.74 Å². The maximum Gasteiger partial charge on any atom is 0.0707 e. The molecule has 0 aliphatic carbocycles. The summed E-state index contributed by atoms with van der Waals surface area (Å²) >= 11 is 0. The number of likely N-dealkylation sites (N-methyl/N-ethyl adjacent to an activating group) is 1. The van der Waals surface area contributed by atoms with E-state index in [1.807, 2.05) is 0 Å². The second kappa shape index (κ2) is 8.89. The van der Waals surface area contributed by atoms with Crippen molar-refractivity contribution in [3.05, 3.63) is 0 Å². The smallest absolute Gasteiger partial charge is 0.0707 e. The Labute approximate surface area is 113 Å². The molecule has 2 unspecified atom stereocenters. The molecule has 0 radical (unpaired) electrons. The van der Waals surface area contributed by atoms with Gasteiger partial charge in [0.25, 0.3) is 0 Å². The molecule has 0 aromatic heterocycles. The standard InChI is InChI=1S/C15H32N2O/c1-5-9-16-11-14-6-7-15(18-14)12-17(4)10-8-13(2)3/h13-16H,5-12H2,1-4H3. The van der Waals surface area contributed by atoms with Crippen LogP contribution in [0.2, 0.25) is 0 Å². The molecule has 0 saturated carbocycles. The lowest BCUT2D eigenvalue weighted by atomic mass is 10.1. The Balaban J connectivity index is 2.09. The van der Waals surface area contributed by atoms with Crippen LogP contribution in [-0.4, -0.2) is 50.3 Å². The van der Waals surface area contributed by atoms with E-state index in [0.717, 1.165) is 25.6 Å². The van der Waals surface area contributed by atoms with Gasteiger partial charge in [0.05, 0.1) is 12.2 Å². The van der Waals surface area contributed by atoms with E-state index in [1.54, 1.807) is 0 Å². The minimum atomic E-state index is 0.444. The molecule has 0 aromatic rings. The number of nitrogens with one attached hydrogen (secondary N) is 1. The van der Waals surface area contributed by atoms with Gasteiger partial charge in [-0.05, 0) is 51.7 Å². The maximum absolute atomic E-state index is 6.08. The molecule has 1 N–H and O–H groups in total. The van der Waals surface area contributed by atoms with E-state index in [9.17, 15) is 0 Å². The Kier molecular flexibility index (Phi) is 7.87. The highest BCUT2D eigenvalue weighted by molar-refractivity contribution is 4.77. The molecule has 1 rings (SSSR count). The third-order valence-corrected chi connectivity index (χ3v) is 3.60. The third-order valence-electron chi connectivity index (χ3n) is 3.60. The Morgan fingerprint density at radius 2 is 2.00 bits per heavy atom. The van der Waals surface area contributed by atoms with E-state index in [1.165, 1.54) is 32.2 Å². The SMILES string of the molecule is CCCNCC1CCC(CN(C)CCC(C)C)O1. The predicted molar refractivity (Wildman–Crippen MR) is 78.0 cm³/mol. The summed E-state index contributed by atoms with van der Waals surface area (Å²) in [6.07, 6.45) is 5.83. The summed E-state index contributed by atoms with van der Waals surface area (Å²) < 4.78 is 6.08. The van der Waals surface area contributed by atoms with E-state index in [4.69, 9.17) is 4.74 Å². The molecule has 0 bridgehead atoms. The molecule has 3 nitrogen and oxygen atoms in total. The fourth-order valence-corrected chi connectivity index (χ4v) is 2.42. The van der Waals surface area contributed by atoms with Gasteiger partial charge in [-0.15, -0.1) is 0 Å². The van der Waals surface area contributed by atoms with Gasteiger partial charge in [-0.1, -0.05) is 20.8 Å². The van der Waals surface area contributed by atoms with Crippen molar-refractivity contribution in [3.8, 4) is 0 Å². The minimum Gasteiger partial charge on any atom is -0.372 e. The lowest BCUT2D eigenvalue weighted by molar-refractivity contribution is 0.0274. The van der Waals surface area contributed by atoms with Crippen molar-refractivity contribution < 1.29 is 4.74 Å². The molecule has 3 heteroatoms. The van der Waals surface area contributed by atoms with Crippen LogP contribution in [0.5, 0.6) is 0 Å². The first kappa shape index (κ1) is 15.9. The highest BCUT2D eigenvalue weighted by atomic mass is 16.5. The first-order chi connectivity index (χ1) is 8.61. The molecule has 1 saturated heterocycles. The minimum absolute atomic E-state index is 0.444. The number of nitrogens with zero attached hydrogens (tertiary/aromatic N) is 1. The van der Waals surface area contributed by atoms with E-state index in [-0.39, 0.29) is 0 Å². The van der Waals surface area contributed by atoms with Crippen molar-refractivity contribution >= 4 is 0 Å². The molecule has 1 aliphatic rings. The first-order valence-electron chi connectivity index (χ1n) is 7.66. The fourth-order valence-electron chi connectivity index (χ4n) is 2.42. The Morgan fingerprint density at radius 3 is 2.67 bits per heavy atom. The van der Waals surface area contributed by atoms with Crippen molar-refractivity contribution in [2.75, 3.05) is 33.2 Å². The van der Waals surface area contributed by atoms with E-state index in [0.29, 0.717) is 12.2 Å². The summed E-state index contributed by atoms with van der Waals surface area (Å²) in [6.45, 7) is 11.2. The van der Waals surface area contributed by atoms with Crippen LogP contribution >= 0.6 is 0 Å². The predicted octanol–water partition coefficient (Wildman–Crippen LogP) is 2.51. The number of hydrogen-bond donors (Lipinski definition) is 1. The number of ether oxygens (including phenoxy) is 1. The summed E-state index contributed by atoms with van der Waals surface area (Å²) in [5.74, 6) is 0.794. The zero-order valence-electron chi connectivity index (χ0n) is 12.7. The van der Waals surface area contributed by atoms with Crippen molar-refractivity contribution in [1.82, 2.24) is 10.2 Å². The van der Waals surface area contributed by atoms with Crippen LogP contribution < -0.4 is 5.32 Å². The van der Waals surface area contributed by atoms with Crippen molar-refractivity contribution in [2.45, 2.75) is 58.7 Å². The summed E-state index contributed by atoms with van der Waals surface area (Å²) in [4.78, 5) is 2.42. The molecule has 1 heterocycles. The van der Waals surface area contributed by atoms with Gasteiger partial charge >= 0.3 is 0 Å². The lowest BCUT2D eigenvalue weighted by Crippen LogP contribution is -2.32. The van der Waals surface area contributed by atoms with Crippen LogP contribution in [0.1, 0.15) is 46.5 Å².